The van der Waals surface area contributed by atoms with Crippen LogP contribution in [0.25, 0.3) is 0 Å². The maximum absolute atomic E-state index is 14.7. The molecular formula is C29H40N2O5S. The van der Waals surface area contributed by atoms with E-state index in [1.54, 1.807) is 34.6 Å². The van der Waals surface area contributed by atoms with E-state index in [4.69, 9.17) is 4.74 Å². The summed E-state index contributed by atoms with van der Waals surface area (Å²) in [5.74, 6) is -2.15. The van der Waals surface area contributed by atoms with Gasteiger partial charge in [-0.05, 0) is 63.6 Å². The molecule has 3 aliphatic heterocycles. The van der Waals surface area contributed by atoms with Crippen LogP contribution in [0.4, 0.5) is 5.69 Å². The van der Waals surface area contributed by atoms with E-state index in [1.807, 2.05) is 52.8 Å². The number of aliphatic hydroxyl groups is 1. The van der Waals surface area contributed by atoms with Crippen LogP contribution in [0.2, 0.25) is 0 Å². The summed E-state index contributed by atoms with van der Waals surface area (Å²) < 4.78 is 4.22. The van der Waals surface area contributed by atoms with Gasteiger partial charge in [-0.15, -0.1) is 18.3 Å². The lowest BCUT2D eigenvalue weighted by Gasteiger charge is -2.41. The van der Waals surface area contributed by atoms with Crippen molar-refractivity contribution in [3.63, 3.8) is 0 Å². The summed E-state index contributed by atoms with van der Waals surface area (Å²) in [7, 11) is 0. The molecule has 4 rings (SSSR count). The summed E-state index contributed by atoms with van der Waals surface area (Å²) in [6.45, 7) is 15.8. The van der Waals surface area contributed by atoms with Crippen LogP contribution in [0.15, 0.2) is 30.9 Å². The highest BCUT2D eigenvalue weighted by atomic mass is 32.2. The van der Waals surface area contributed by atoms with E-state index in [-0.39, 0.29) is 43.5 Å². The number of nitrogens with zero attached hydrogens (tertiary/aromatic N) is 2. The Morgan fingerprint density at radius 2 is 2.03 bits per heavy atom. The Kier molecular flexibility index (Phi) is 7.56. The highest BCUT2D eigenvalue weighted by Gasteiger charge is 2.78. The standard InChI is InChI=1S/C29H40N2O5S/c1-8-14-30(20-15-18(5)10-11-19(20)6)26(34)24-29-13-12-28(7,37-29)23(27(35)36-9-2)22(29)25(33)31(24)21(16-32)17(3)4/h8,10-11,15,17,21-24,32H,1,9,12-14,16H2,2-7H3/t21-,22-,23-,24?,28+,29?/m0/s1. The Labute approximate surface area is 224 Å². The zero-order chi connectivity index (χ0) is 27.3. The number of hydrogen-bond acceptors (Lipinski definition) is 6. The topological polar surface area (TPSA) is 87.2 Å². The lowest BCUT2D eigenvalue weighted by Crippen LogP contribution is -2.58. The molecule has 2 amide bonds. The molecule has 0 radical (unpaired) electrons. The zero-order valence-corrected chi connectivity index (χ0v) is 23.6. The van der Waals surface area contributed by atoms with Crippen molar-refractivity contribution in [3.8, 4) is 0 Å². The molecule has 2 bridgehead atoms. The molecular weight excluding hydrogens is 488 g/mol. The van der Waals surface area contributed by atoms with Gasteiger partial charge in [-0.1, -0.05) is 32.1 Å². The fourth-order valence-electron chi connectivity index (χ4n) is 6.80. The molecule has 3 aliphatic rings. The molecule has 37 heavy (non-hydrogen) atoms. The summed E-state index contributed by atoms with van der Waals surface area (Å²) in [5, 5.41) is 10.4. The highest BCUT2D eigenvalue weighted by Crippen LogP contribution is 2.72. The number of anilines is 1. The van der Waals surface area contributed by atoms with Crippen LogP contribution in [0.1, 0.15) is 51.7 Å². The van der Waals surface area contributed by atoms with E-state index in [0.717, 1.165) is 23.2 Å². The molecule has 3 heterocycles. The average Bonchev–Trinajstić information content (AvgIpc) is 3.40. The van der Waals surface area contributed by atoms with Gasteiger partial charge in [0.1, 0.15) is 6.04 Å². The van der Waals surface area contributed by atoms with Crippen molar-refractivity contribution in [2.45, 2.75) is 76.0 Å². The number of carbonyl (C=O) groups is 3. The van der Waals surface area contributed by atoms with Crippen LogP contribution in [-0.4, -0.2) is 69.1 Å². The fourth-order valence-corrected chi connectivity index (χ4v) is 9.13. The number of fused-ring (bicyclic) bond motifs is 1. The van der Waals surface area contributed by atoms with Crippen molar-refractivity contribution >= 4 is 35.2 Å². The monoisotopic (exact) mass is 528 g/mol. The fraction of sp³-hybridized carbons (Fsp3) is 0.621. The van der Waals surface area contributed by atoms with Gasteiger partial charge in [0, 0.05) is 17.0 Å². The minimum atomic E-state index is -0.810. The number of esters is 1. The molecule has 3 fully saturated rings. The number of thioether (sulfide) groups is 1. The third-order valence-electron chi connectivity index (χ3n) is 8.54. The maximum atomic E-state index is 14.7. The minimum Gasteiger partial charge on any atom is -0.466 e. The Bertz CT molecular complexity index is 1110. The van der Waals surface area contributed by atoms with Crippen molar-refractivity contribution in [3.05, 3.63) is 42.0 Å². The summed E-state index contributed by atoms with van der Waals surface area (Å²) in [5.41, 5.74) is 2.76. The van der Waals surface area contributed by atoms with E-state index in [0.29, 0.717) is 6.42 Å². The first-order valence-corrected chi connectivity index (χ1v) is 14.1. The Morgan fingerprint density at radius 3 is 2.62 bits per heavy atom. The average molecular weight is 529 g/mol. The van der Waals surface area contributed by atoms with Crippen LogP contribution in [-0.2, 0) is 19.1 Å². The number of ether oxygens (including phenoxy) is 1. The third kappa shape index (κ3) is 4.20. The second kappa shape index (κ2) is 10.1. The molecule has 1 spiro atoms. The van der Waals surface area contributed by atoms with Crippen LogP contribution < -0.4 is 4.90 Å². The van der Waals surface area contributed by atoms with Crippen molar-refractivity contribution in [2.24, 2.45) is 17.8 Å². The molecule has 2 unspecified atom stereocenters. The molecule has 202 valence electrons. The predicted molar refractivity (Wildman–Crippen MR) is 146 cm³/mol. The van der Waals surface area contributed by atoms with Crippen molar-refractivity contribution in [1.29, 1.82) is 0 Å². The van der Waals surface area contributed by atoms with Gasteiger partial charge in [-0.25, -0.2) is 0 Å². The number of rotatable bonds is 9. The molecule has 0 saturated carbocycles. The lowest BCUT2D eigenvalue weighted by atomic mass is 9.66. The second-order valence-electron chi connectivity index (χ2n) is 11.2. The molecule has 0 aliphatic carbocycles. The van der Waals surface area contributed by atoms with Gasteiger partial charge >= 0.3 is 5.97 Å². The van der Waals surface area contributed by atoms with Gasteiger partial charge in [0.05, 0.1) is 35.8 Å². The van der Waals surface area contributed by atoms with Gasteiger partial charge in [0.15, 0.2) is 0 Å². The molecule has 1 aromatic carbocycles. The van der Waals surface area contributed by atoms with Gasteiger partial charge in [-0.3, -0.25) is 14.4 Å². The first kappa shape index (κ1) is 27.7. The zero-order valence-electron chi connectivity index (χ0n) is 22.8. The summed E-state index contributed by atoms with van der Waals surface area (Å²) in [6.07, 6.45) is 3.07. The molecule has 6 atom stereocenters. The Balaban J connectivity index is 1.89. The largest absolute Gasteiger partial charge is 0.466 e. The van der Waals surface area contributed by atoms with Gasteiger partial charge in [0.2, 0.25) is 5.91 Å². The van der Waals surface area contributed by atoms with Gasteiger partial charge in [-0.2, -0.15) is 0 Å². The molecule has 8 heteroatoms. The van der Waals surface area contributed by atoms with Crippen LogP contribution in [0, 0.1) is 31.6 Å². The predicted octanol–water partition coefficient (Wildman–Crippen LogP) is 3.88. The summed E-state index contributed by atoms with van der Waals surface area (Å²) in [4.78, 5) is 45.6. The number of benzene rings is 1. The van der Waals surface area contributed by atoms with Crippen molar-refractivity contribution in [1.82, 2.24) is 4.90 Å². The normalized spacial score (nSPS) is 31.0. The van der Waals surface area contributed by atoms with Crippen LogP contribution >= 0.6 is 11.8 Å². The van der Waals surface area contributed by atoms with Crippen LogP contribution in [0.3, 0.4) is 0 Å². The first-order chi connectivity index (χ1) is 17.5. The van der Waals surface area contributed by atoms with Gasteiger partial charge in [0.25, 0.3) is 5.91 Å². The summed E-state index contributed by atoms with van der Waals surface area (Å²) >= 11 is 1.62. The van der Waals surface area contributed by atoms with E-state index < -0.39 is 33.4 Å². The first-order valence-electron chi connectivity index (χ1n) is 13.3. The molecule has 1 N–H and O–H groups in total. The number of hydrogen-bond donors (Lipinski definition) is 1. The minimum absolute atomic E-state index is 0.0770. The third-order valence-corrected chi connectivity index (χ3v) is 10.5. The second-order valence-corrected chi connectivity index (χ2v) is 13.1. The van der Waals surface area contributed by atoms with Crippen LogP contribution in [0.5, 0.6) is 0 Å². The van der Waals surface area contributed by atoms with E-state index in [1.165, 1.54) is 0 Å². The van der Waals surface area contributed by atoms with Crippen molar-refractivity contribution < 1.29 is 24.2 Å². The Morgan fingerprint density at radius 1 is 1.32 bits per heavy atom. The number of likely N-dealkylation sites (tertiary alicyclic amines) is 1. The number of carbonyl (C=O) groups excluding carboxylic acids is 3. The lowest BCUT2D eigenvalue weighted by molar-refractivity contribution is -0.155. The number of amides is 2. The molecule has 1 aromatic rings. The molecule has 0 aromatic heterocycles. The number of aryl methyl sites for hydroxylation is 2. The Hall–Kier alpha value is -2.32. The SMILES string of the molecule is C=CCN(C(=O)C1N([C@@H](CO)C(C)C)C(=O)[C@@H]2[C@@H](C(=O)OCC)[C@@]3(C)CCC12S3)c1cc(C)ccc1C. The van der Waals surface area contributed by atoms with E-state index in [9.17, 15) is 19.5 Å². The van der Waals surface area contributed by atoms with Gasteiger partial charge < -0.3 is 19.6 Å². The molecule has 7 nitrogen and oxygen atoms in total. The van der Waals surface area contributed by atoms with E-state index >= 15 is 0 Å². The maximum Gasteiger partial charge on any atom is 0.311 e. The summed E-state index contributed by atoms with van der Waals surface area (Å²) in [6, 6.07) is 4.64. The van der Waals surface area contributed by atoms with Crippen molar-refractivity contribution in [2.75, 3.05) is 24.7 Å². The number of aliphatic hydroxyl groups excluding tert-OH is 1. The highest BCUT2D eigenvalue weighted by molar-refractivity contribution is 8.02. The quantitative estimate of drug-likeness (QED) is 0.387. The van der Waals surface area contributed by atoms with E-state index in [2.05, 4.69) is 6.58 Å². The molecule has 3 saturated heterocycles. The smallest absolute Gasteiger partial charge is 0.311 e.